The zero-order valence-corrected chi connectivity index (χ0v) is 35.8. The lowest BCUT2D eigenvalue weighted by atomic mass is 9.57. The van der Waals surface area contributed by atoms with Crippen LogP contribution in [0.2, 0.25) is 0 Å². The van der Waals surface area contributed by atoms with Crippen LogP contribution in [-0.4, -0.2) is 0 Å². The Morgan fingerprint density at radius 2 is 1.21 bits per heavy atom. The van der Waals surface area contributed by atoms with Crippen molar-refractivity contribution in [1.82, 2.24) is 0 Å². The van der Waals surface area contributed by atoms with Crippen molar-refractivity contribution < 1.29 is 0 Å². The zero-order chi connectivity index (χ0) is 38.8. The van der Waals surface area contributed by atoms with Crippen molar-refractivity contribution in [2.75, 3.05) is 0 Å². The van der Waals surface area contributed by atoms with Gasteiger partial charge in [-0.15, -0.1) is 0 Å². The molecule has 10 rings (SSSR count). The molecule has 6 aromatic carbocycles. The van der Waals surface area contributed by atoms with Gasteiger partial charge in [0.1, 0.15) is 0 Å². The minimum Gasteiger partial charge on any atom is -0.0754 e. The minimum atomic E-state index is 0.172. The predicted octanol–water partition coefficient (Wildman–Crippen LogP) is 14.8. The van der Waals surface area contributed by atoms with Crippen LogP contribution in [0.3, 0.4) is 0 Å². The molecule has 2 fully saturated rings. The number of allylic oxidation sites excluding steroid dienone is 2. The third-order valence-electron chi connectivity index (χ3n) is 16.1. The maximum absolute atomic E-state index is 2.68. The maximum atomic E-state index is 2.68. The number of hydrogen-bond acceptors (Lipinski definition) is 0. The van der Waals surface area contributed by atoms with Gasteiger partial charge in [-0.25, -0.2) is 0 Å². The van der Waals surface area contributed by atoms with E-state index in [1.807, 2.05) is 0 Å². The molecule has 4 aliphatic rings. The first kappa shape index (κ1) is 36.4. The molecule has 288 valence electrons. The van der Waals surface area contributed by atoms with E-state index >= 15 is 0 Å². The Hall–Kier alpha value is -3.90. The van der Waals surface area contributed by atoms with Crippen molar-refractivity contribution in [2.24, 2.45) is 22.7 Å². The van der Waals surface area contributed by atoms with E-state index in [4.69, 9.17) is 0 Å². The fraction of sp³-hybridized carbons (Fsp3) is 0.464. The predicted molar refractivity (Wildman–Crippen MR) is 244 cm³/mol. The molecule has 0 aliphatic heterocycles. The van der Waals surface area contributed by atoms with E-state index in [9.17, 15) is 0 Å². The lowest BCUT2D eigenvalue weighted by Gasteiger charge is -2.48. The second-order valence-electron chi connectivity index (χ2n) is 21.1. The average molecular weight is 737 g/mol. The highest BCUT2D eigenvalue weighted by atomic mass is 14.5. The minimum absolute atomic E-state index is 0.172. The van der Waals surface area contributed by atoms with Gasteiger partial charge in [0.2, 0.25) is 0 Å². The number of hydrogen-bond donors (Lipinski definition) is 0. The van der Waals surface area contributed by atoms with Crippen molar-refractivity contribution in [3.63, 3.8) is 0 Å². The SMILES string of the molecule is Cc1cc([C@H]2CCC[C@@H](C(C)(C)[C@H]3CCCC(c4cc(C)c5ccc6cc(C(C)C)cc7ccc4c5c67)C3)C2)c2ccc3c4c2c1=CCC4C=C(C(C)(C)C)C=3. The summed E-state index contributed by atoms with van der Waals surface area (Å²) in [6.07, 6.45) is 19.6. The molecule has 56 heavy (non-hydrogen) atoms. The summed E-state index contributed by atoms with van der Waals surface area (Å²) in [7, 11) is 0. The second-order valence-corrected chi connectivity index (χ2v) is 21.1. The van der Waals surface area contributed by atoms with E-state index in [1.165, 1.54) is 116 Å². The van der Waals surface area contributed by atoms with Crippen molar-refractivity contribution in [1.29, 1.82) is 0 Å². The third kappa shape index (κ3) is 5.66. The van der Waals surface area contributed by atoms with Crippen LogP contribution in [0, 0.1) is 36.5 Å². The number of aryl methyl sites for hydroxylation is 2. The van der Waals surface area contributed by atoms with Crippen LogP contribution in [0.5, 0.6) is 0 Å². The fourth-order valence-electron chi connectivity index (χ4n) is 12.7. The highest BCUT2D eigenvalue weighted by molar-refractivity contribution is 6.24. The average Bonchev–Trinajstić information content (AvgIpc) is 3.19. The molecular formula is C56H64. The zero-order valence-electron chi connectivity index (χ0n) is 35.8. The summed E-state index contributed by atoms with van der Waals surface area (Å²) in [6.45, 7) is 21.9. The maximum Gasteiger partial charge on any atom is 0.00711 e. The van der Waals surface area contributed by atoms with Gasteiger partial charge in [0, 0.05) is 5.92 Å². The van der Waals surface area contributed by atoms with E-state index in [1.54, 1.807) is 27.5 Å². The summed E-state index contributed by atoms with van der Waals surface area (Å²) in [5.74, 6) is 3.82. The molecule has 0 heterocycles. The van der Waals surface area contributed by atoms with E-state index in [0.717, 1.165) is 18.3 Å². The van der Waals surface area contributed by atoms with E-state index in [0.29, 0.717) is 29.1 Å². The van der Waals surface area contributed by atoms with Gasteiger partial charge in [-0.05, 0) is 192 Å². The third-order valence-corrected chi connectivity index (χ3v) is 16.1. The highest BCUT2D eigenvalue weighted by Crippen LogP contribution is 2.55. The first-order valence-electron chi connectivity index (χ1n) is 22.5. The summed E-state index contributed by atoms with van der Waals surface area (Å²) >= 11 is 0. The molecule has 5 atom stereocenters. The molecule has 2 unspecified atom stereocenters. The van der Waals surface area contributed by atoms with Gasteiger partial charge in [-0.1, -0.05) is 140 Å². The smallest absolute Gasteiger partial charge is 0.00711 e. The first-order valence-corrected chi connectivity index (χ1v) is 22.5. The van der Waals surface area contributed by atoms with Crippen LogP contribution < -0.4 is 10.4 Å². The highest BCUT2D eigenvalue weighted by Gasteiger charge is 2.42. The molecule has 4 aliphatic carbocycles. The van der Waals surface area contributed by atoms with E-state index < -0.39 is 0 Å². The molecule has 0 amide bonds. The van der Waals surface area contributed by atoms with Gasteiger partial charge in [-0.2, -0.15) is 0 Å². The second kappa shape index (κ2) is 13.1. The van der Waals surface area contributed by atoms with Crippen molar-refractivity contribution in [2.45, 2.75) is 144 Å². The topological polar surface area (TPSA) is 0 Å². The molecule has 0 nitrogen and oxygen atoms in total. The molecule has 0 N–H and O–H groups in total. The molecule has 0 spiro atoms. The normalized spacial score (nSPS) is 24.2. The Bertz CT molecular complexity index is 2690. The molecule has 2 saturated carbocycles. The van der Waals surface area contributed by atoms with E-state index in [-0.39, 0.29) is 5.41 Å². The van der Waals surface area contributed by atoms with Gasteiger partial charge < -0.3 is 0 Å². The van der Waals surface area contributed by atoms with Gasteiger partial charge in [0.05, 0.1) is 0 Å². The molecule has 0 saturated heterocycles. The Labute approximate surface area is 336 Å². The Kier molecular flexibility index (Phi) is 8.50. The summed E-state index contributed by atoms with van der Waals surface area (Å²) in [6, 6.07) is 24.9. The van der Waals surface area contributed by atoms with Crippen LogP contribution in [0.1, 0.15) is 163 Å². The van der Waals surface area contributed by atoms with Gasteiger partial charge >= 0.3 is 0 Å². The van der Waals surface area contributed by atoms with Crippen LogP contribution in [0.25, 0.3) is 55.2 Å². The van der Waals surface area contributed by atoms with Gasteiger partial charge in [-0.3, -0.25) is 0 Å². The standard InChI is InChI=1S/C56H64/c1-32(2)41-26-37-16-20-45-33(3)24-49(47-22-18-38(27-41)51(37)53(45)47)35-12-10-14-42(28-35)56(8,9)43-15-11-13-36(29-43)50-25-34(4)46-21-17-39-30-44(55(5,6)7)31-40-19-23-48(50)54(46)52(39)40/h16,18-27,30-32,35-36,39,42-43H,10-15,17,28-29H2,1-9H3/t35?,36-,39?,42-,43+/m0/s1. The summed E-state index contributed by atoms with van der Waals surface area (Å²) in [4.78, 5) is 0. The Morgan fingerprint density at radius 1 is 0.625 bits per heavy atom. The molecule has 0 heteroatoms. The van der Waals surface area contributed by atoms with Gasteiger partial charge in [0.25, 0.3) is 0 Å². The quantitative estimate of drug-likeness (QED) is 0.155. The van der Waals surface area contributed by atoms with Crippen molar-refractivity contribution >= 4 is 55.2 Å². The largest absolute Gasteiger partial charge is 0.0754 e. The fourth-order valence-corrected chi connectivity index (χ4v) is 12.7. The summed E-state index contributed by atoms with van der Waals surface area (Å²) in [5.41, 5.74) is 11.3. The number of rotatable bonds is 5. The first-order chi connectivity index (χ1) is 26.8. The van der Waals surface area contributed by atoms with E-state index in [2.05, 4.69) is 141 Å². The van der Waals surface area contributed by atoms with Crippen LogP contribution in [-0.2, 0) is 0 Å². The summed E-state index contributed by atoms with van der Waals surface area (Å²) < 4.78 is 0. The van der Waals surface area contributed by atoms with Crippen LogP contribution in [0.4, 0.5) is 0 Å². The molecule has 0 bridgehead atoms. The molecule has 0 radical (unpaired) electrons. The van der Waals surface area contributed by atoms with Crippen molar-refractivity contribution in [3.8, 4) is 0 Å². The van der Waals surface area contributed by atoms with Crippen LogP contribution >= 0.6 is 0 Å². The molecule has 6 aromatic rings. The van der Waals surface area contributed by atoms with Gasteiger partial charge in [0.15, 0.2) is 0 Å². The van der Waals surface area contributed by atoms with Crippen molar-refractivity contribution in [3.05, 3.63) is 116 Å². The molecular weight excluding hydrogens is 673 g/mol. The Morgan fingerprint density at radius 3 is 1.84 bits per heavy atom. The number of benzene rings is 6. The Balaban J connectivity index is 0.970. The lowest BCUT2D eigenvalue weighted by Crippen LogP contribution is -2.37. The lowest BCUT2D eigenvalue weighted by molar-refractivity contribution is 0.0480. The van der Waals surface area contributed by atoms with Crippen LogP contribution in [0.15, 0.2) is 72.3 Å². The summed E-state index contributed by atoms with van der Waals surface area (Å²) in [5, 5.41) is 14.9. The molecule has 0 aromatic heterocycles. The monoisotopic (exact) mass is 737 g/mol.